The van der Waals surface area contributed by atoms with Gasteiger partial charge in [-0.2, -0.15) is 0 Å². The van der Waals surface area contributed by atoms with E-state index in [4.69, 9.17) is 9.47 Å². The molecule has 1 aliphatic rings. The quantitative estimate of drug-likeness (QED) is 0.828. The number of carbonyl (C=O) groups is 1. The topological polar surface area (TPSA) is 47.6 Å². The predicted octanol–water partition coefficient (Wildman–Crippen LogP) is 1.89. The van der Waals surface area contributed by atoms with Gasteiger partial charge in [0.15, 0.2) is 17.3 Å². The fraction of sp³-hybridized carbons (Fsp3) is 0.500. The van der Waals surface area contributed by atoms with Crippen molar-refractivity contribution in [3.05, 3.63) is 23.8 Å². The highest BCUT2D eigenvalue weighted by Crippen LogP contribution is 2.32. The van der Waals surface area contributed by atoms with Gasteiger partial charge in [-0.05, 0) is 25.2 Å². The molecule has 0 fully saturated rings. The van der Waals surface area contributed by atoms with Crippen LogP contribution in [0.2, 0.25) is 0 Å². The van der Waals surface area contributed by atoms with E-state index in [1.165, 1.54) is 0 Å². The summed E-state index contributed by atoms with van der Waals surface area (Å²) in [5.74, 6) is 1.48. The van der Waals surface area contributed by atoms with E-state index in [1.54, 1.807) is 18.2 Å². The minimum atomic E-state index is -0.432. The number of nitrogens with one attached hydrogen (secondary N) is 1. The molecule has 0 atom stereocenters. The third kappa shape index (κ3) is 2.48. The molecule has 0 amide bonds. The lowest BCUT2D eigenvalue weighted by molar-refractivity contribution is 0.0838. The van der Waals surface area contributed by atoms with Crippen LogP contribution < -0.4 is 14.8 Å². The minimum absolute atomic E-state index is 0.105. The Morgan fingerprint density at radius 2 is 1.94 bits per heavy atom. The second-order valence-electron chi connectivity index (χ2n) is 5.10. The molecule has 0 unspecified atom stereocenters. The van der Waals surface area contributed by atoms with Crippen molar-refractivity contribution in [1.29, 1.82) is 0 Å². The number of ether oxygens (including phenoxy) is 2. The number of Topliss-reactive ketones (excluding diaryl/α,β-unsaturated/α-hetero) is 1. The van der Waals surface area contributed by atoms with Crippen molar-refractivity contribution >= 4 is 5.78 Å². The predicted molar refractivity (Wildman–Crippen MR) is 69.5 cm³/mol. The zero-order valence-corrected chi connectivity index (χ0v) is 11.1. The Morgan fingerprint density at radius 1 is 1.28 bits per heavy atom. The van der Waals surface area contributed by atoms with Gasteiger partial charge in [-0.3, -0.25) is 4.79 Å². The molecule has 0 aliphatic carbocycles. The summed E-state index contributed by atoms with van der Waals surface area (Å²) < 4.78 is 10.9. The molecular weight excluding hydrogens is 230 g/mol. The van der Waals surface area contributed by atoms with E-state index >= 15 is 0 Å². The van der Waals surface area contributed by atoms with Gasteiger partial charge in [-0.25, -0.2) is 0 Å². The van der Waals surface area contributed by atoms with Crippen LogP contribution >= 0.6 is 0 Å². The lowest BCUT2D eigenvalue weighted by Gasteiger charge is -2.24. The lowest BCUT2D eigenvalue weighted by atomic mass is 9.84. The van der Waals surface area contributed by atoms with Gasteiger partial charge < -0.3 is 14.8 Å². The monoisotopic (exact) mass is 249 g/mol. The van der Waals surface area contributed by atoms with Gasteiger partial charge in [0.2, 0.25) is 0 Å². The summed E-state index contributed by atoms with van der Waals surface area (Å²) in [7, 11) is 1.85. The van der Waals surface area contributed by atoms with E-state index < -0.39 is 5.41 Å². The maximum Gasteiger partial charge on any atom is 0.169 e. The van der Waals surface area contributed by atoms with E-state index in [0.717, 1.165) is 0 Å². The van der Waals surface area contributed by atoms with Gasteiger partial charge in [0, 0.05) is 17.5 Å². The first-order valence-corrected chi connectivity index (χ1v) is 6.13. The van der Waals surface area contributed by atoms with Gasteiger partial charge >= 0.3 is 0 Å². The fourth-order valence-electron chi connectivity index (χ4n) is 2.10. The first-order chi connectivity index (χ1) is 8.54. The molecule has 0 aromatic heterocycles. The summed E-state index contributed by atoms with van der Waals surface area (Å²) in [4.78, 5) is 12.4. The first-order valence-electron chi connectivity index (χ1n) is 6.13. The van der Waals surface area contributed by atoms with Crippen LogP contribution in [0.1, 0.15) is 24.2 Å². The molecule has 1 aliphatic heterocycles. The molecule has 1 N–H and O–H groups in total. The summed E-state index contributed by atoms with van der Waals surface area (Å²) in [6.45, 7) is 5.60. The third-order valence-electron chi connectivity index (χ3n) is 3.04. The van der Waals surface area contributed by atoms with Crippen LogP contribution in [0.15, 0.2) is 18.2 Å². The van der Waals surface area contributed by atoms with Crippen LogP contribution in [0.4, 0.5) is 0 Å². The van der Waals surface area contributed by atoms with Gasteiger partial charge in [0.05, 0.1) is 0 Å². The Morgan fingerprint density at radius 3 is 2.61 bits per heavy atom. The van der Waals surface area contributed by atoms with Crippen molar-refractivity contribution in [2.45, 2.75) is 13.8 Å². The van der Waals surface area contributed by atoms with Crippen LogP contribution in [-0.4, -0.2) is 32.6 Å². The number of hydrogen-bond acceptors (Lipinski definition) is 4. The average Bonchev–Trinajstić information content (AvgIpc) is 2.37. The zero-order valence-electron chi connectivity index (χ0n) is 11.1. The summed E-state index contributed by atoms with van der Waals surface area (Å²) >= 11 is 0. The number of carbonyl (C=O) groups excluding carboxylic acids is 1. The Bertz CT molecular complexity index is 454. The fourth-order valence-corrected chi connectivity index (χ4v) is 2.10. The molecule has 0 saturated carbocycles. The lowest BCUT2D eigenvalue weighted by Crippen LogP contribution is -2.34. The van der Waals surface area contributed by atoms with Crippen molar-refractivity contribution in [1.82, 2.24) is 5.32 Å². The molecule has 1 aromatic rings. The average molecular weight is 249 g/mol. The molecular formula is C14H19NO3. The summed E-state index contributed by atoms with van der Waals surface area (Å²) in [5.41, 5.74) is 0.234. The molecule has 0 saturated heterocycles. The second kappa shape index (κ2) is 4.98. The largest absolute Gasteiger partial charge is 0.486 e. The number of rotatable bonds is 4. The number of benzene rings is 1. The van der Waals surface area contributed by atoms with Crippen LogP contribution in [-0.2, 0) is 0 Å². The van der Waals surface area contributed by atoms with E-state index in [2.05, 4.69) is 5.32 Å². The Labute approximate surface area is 107 Å². The Hall–Kier alpha value is -1.55. The maximum absolute atomic E-state index is 12.4. The standard InChI is InChI=1S/C14H19NO3/c1-14(2,9-15-3)13(16)10-4-5-11-12(8-10)18-7-6-17-11/h4-5,8,15H,6-7,9H2,1-3H3. The Kier molecular flexibility index (Phi) is 3.57. The molecule has 0 spiro atoms. The SMILES string of the molecule is CNCC(C)(C)C(=O)c1ccc2c(c1)OCCO2. The van der Waals surface area contributed by atoms with E-state index in [0.29, 0.717) is 36.8 Å². The van der Waals surface area contributed by atoms with Crippen molar-refractivity contribution in [2.24, 2.45) is 5.41 Å². The summed E-state index contributed by atoms with van der Waals surface area (Å²) in [5, 5.41) is 3.04. The third-order valence-corrected chi connectivity index (χ3v) is 3.04. The van der Waals surface area contributed by atoms with Crippen LogP contribution in [0, 0.1) is 5.41 Å². The normalized spacial score (nSPS) is 14.4. The first kappa shape index (κ1) is 12.9. The molecule has 2 rings (SSSR count). The van der Waals surface area contributed by atoms with Gasteiger partial charge in [0.25, 0.3) is 0 Å². The highest BCUT2D eigenvalue weighted by atomic mass is 16.6. The molecule has 4 nitrogen and oxygen atoms in total. The molecule has 18 heavy (non-hydrogen) atoms. The van der Waals surface area contributed by atoms with Crippen molar-refractivity contribution in [2.75, 3.05) is 26.8 Å². The highest BCUT2D eigenvalue weighted by Gasteiger charge is 2.28. The molecule has 4 heteroatoms. The molecule has 1 heterocycles. The minimum Gasteiger partial charge on any atom is -0.486 e. The van der Waals surface area contributed by atoms with E-state index in [9.17, 15) is 4.79 Å². The smallest absolute Gasteiger partial charge is 0.169 e. The zero-order chi connectivity index (χ0) is 13.2. The van der Waals surface area contributed by atoms with Crippen molar-refractivity contribution in [3.8, 4) is 11.5 Å². The molecule has 98 valence electrons. The number of hydrogen-bond donors (Lipinski definition) is 1. The number of ketones is 1. The van der Waals surface area contributed by atoms with Crippen molar-refractivity contribution in [3.63, 3.8) is 0 Å². The summed E-state index contributed by atoms with van der Waals surface area (Å²) in [6.07, 6.45) is 0. The van der Waals surface area contributed by atoms with Crippen LogP contribution in [0.25, 0.3) is 0 Å². The summed E-state index contributed by atoms with van der Waals surface area (Å²) in [6, 6.07) is 5.37. The highest BCUT2D eigenvalue weighted by molar-refractivity contribution is 6.00. The van der Waals surface area contributed by atoms with E-state index in [-0.39, 0.29) is 5.78 Å². The number of fused-ring (bicyclic) bond motifs is 1. The Balaban J connectivity index is 2.26. The van der Waals surface area contributed by atoms with E-state index in [1.807, 2.05) is 20.9 Å². The molecule has 0 bridgehead atoms. The molecule has 0 radical (unpaired) electrons. The van der Waals surface area contributed by atoms with Gasteiger partial charge in [-0.15, -0.1) is 0 Å². The van der Waals surface area contributed by atoms with Gasteiger partial charge in [-0.1, -0.05) is 13.8 Å². The second-order valence-corrected chi connectivity index (χ2v) is 5.10. The molecule has 1 aromatic carbocycles. The van der Waals surface area contributed by atoms with Gasteiger partial charge in [0.1, 0.15) is 13.2 Å². The van der Waals surface area contributed by atoms with Crippen LogP contribution in [0.5, 0.6) is 11.5 Å². The maximum atomic E-state index is 12.4. The van der Waals surface area contributed by atoms with Crippen molar-refractivity contribution < 1.29 is 14.3 Å². The van der Waals surface area contributed by atoms with Crippen LogP contribution in [0.3, 0.4) is 0 Å².